The molecule has 0 radical (unpaired) electrons. The molecule has 1 aromatic carbocycles. The number of aromatic nitrogens is 2. The molecule has 26 heavy (non-hydrogen) atoms. The molecule has 0 fully saturated rings. The van der Waals surface area contributed by atoms with E-state index in [0.29, 0.717) is 37.1 Å². The average Bonchev–Trinajstić information content (AvgIpc) is 2.61. The standard InChI is InChI=1S/C18H20F3N3O2/c1-3-18(4-2,6-5-17(25)26)15-9-22-10-16(24-15)23-14-8-12(20)11(19)7-13(14)21/h7-10H,3-6H2,1-2H3,(H,23,24)(H,25,26). The van der Waals surface area contributed by atoms with Crippen molar-refractivity contribution in [3.63, 3.8) is 0 Å². The number of anilines is 2. The van der Waals surface area contributed by atoms with Crippen LogP contribution in [0.25, 0.3) is 0 Å². The Labute approximate surface area is 149 Å². The monoisotopic (exact) mass is 367 g/mol. The van der Waals surface area contributed by atoms with Gasteiger partial charge in [0, 0.05) is 30.2 Å². The van der Waals surface area contributed by atoms with E-state index in [1.807, 2.05) is 13.8 Å². The van der Waals surface area contributed by atoms with E-state index in [-0.39, 0.29) is 17.9 Å². The molecule has 5 nitrogen and oxygen atoms in total. The third-order valence-corrected chi connectivity index (χ3v) is 4.62. The lowest BCUT2D eigenvalue weighted by Gasteiger charge is -2.30. The Hall–Kier alpha value is -2.64. The maximum Gasteiger partial charge on any atom is 0.303 e. The zero-order valence-electron chi connectivity index (χ0n) is 14.5. The fourth-order valence-corrected chi connectivity index (χ4v) is 2.88. The van der Waals surface area contributed by atoms with Crippen LogP contribution in [0.1, 0.15) is 45.2 Å². The summed E-state index contributed by atoms with van der Waals surface area (Å²) in [6.07, 6.45) is 4.54. The molecule has 8 heteroatoms. The molecule has 0 aliphatic rings. The van der Waals surface area contributed by atoms with Gasteiger partial charge in [0.1, 0.15) is 11.6 Å². The van der Waals surface area contributed by atoms with Crippen LogP contribution in [0.15, 0.2) is 24.5 Å². The van der Waals surface area contributed by atoms with Crippen LogP contribution in [-0.4, -0.2) is 21.0 Å². The molecule has 0 saturated carbocycles. The number of rotatable bonds is 8. The minimum absolute atomic E-state index is 0.0151. The summed E-state index contributed by atoms with van der Waals surface area (Å²) in [5.41, 5.74) is -0.188. The molecule has 0 amide bonds. The summed E-state index contributed by atoms with van der Waals surface area (Å²) in [4.78, 5) is 19.4. The van der Waals surface area contributed by atoms with Gasteiger partial charge in [0.25, 0.3) is 0 Å². The van der Waals surface area contributed by atoms with E-state index in [1.54, 1.807) is 6.20 Å². The summed E-state index contributed by atoms with van der Waals surface area (Å²) < 4.78 is 40.2. The molecule has 0 saturated heterocycles. The lowest BCUT2D eigenvalue weighted by Crippen LogP contribution is -2.27. The van der Waals surface area contributed by atoms with Crippen molar-refractivity contribution < 1.29 is 23.1 Å². The van der Waals surface area contributed by atoms with Crippen molar-refractivity contribution in [2.75, 3.05) is 5.32 Å². The van der Waals surface area contributed by atoms with Crippen LogP contribution in [0.2, 0.25) is 0 Å². The molecule has 2 aromatic rings. The van der Waals surface area contributed by atoms with Crippen LogP contribution < -0.4 is 5.32 Å². The second-order valence-corrected chi connectivity index (χ2v) is 6.04. The van der Waals surface area contributed by atoms with Gasteiger partial charge in [-0.05, 0) is 19.3 Å². The van der Waals surface area contributed by atoms with Gasteiger partial charge in [-0.1, -0.05) is 13.8 Å². The Morgan fingerprint density at radius 2 is 1.77 bits per heavy atom. The molecule has 1 heterocycles. The number of nitrogens with zero attached hydrogens (tertiary/aromatic N) is 2. The molecule has 0 aliphatic heterocycles. The van der Waals surface area contributed by atoms with Crippen molar-refractivity contribution in [1.29, 1.82) is 0 Å². The number of carboxylic acids is 1. The van der Waals surface area contributed by atoms with Crippen molar-refractivity contribution in [3.05, 3.63) is 47.7 Å². The summed E-state index contributed by atoms with van der Waals surface area (Å²) in [5.74, 6) is -4.16. The number of carboxylic acid groups (broad SMARTS) is 1. The van der Waals surface area contributed by atoms with Gasteiger partial charge >= 0.3 is 5.97 Å². The average molecular weight is 367 g/mol. The number of halogens is 3. The first kappa shape index (κ1) is 19.7. The van der Waals surface area contributed by atoms with Crippen LogP contribution in [0.5, 0.6) is 0 Å². The van der Waals surface area contributed by atoms with E-state index in [1.165, 1.54) is 6.20 Å². The molecule has 0 aliphatic carbocycles. The van der Waals surface area contributed by atoms with E-state index in [2.05, 4.69) is 15.3 Å². The molecule has 0 spiro atoms. The lowest BCUT2D eigenvalue weighted by molar-refractivity contribution is -0.137. The number of carbonyl (C=O) groups is 1. The van der Waals surface area contributed by atoms with Crippen LogP contribution in [0.4, 0.5) is 24.7 Å². The third-order valence-electron chi connectivity index (χ3n) is 4.62. The summed E-state index contributed by atoms with van der Waals surface area (Å²) >= 11 is 0. The third kappa shape index (κ3) is 4.30. The van der Waals surface area contributed by atoms with Gasteiger partial charge in [-0.3, -0.25) is 9.78 Å². The molecule has 1 aromatic heterocycles. The minimum atomic E-state index is -1.28. The summed E-state index contributed by atoms with van der Waals surface area (Å²) in [6, 6.07) is 1.15. The Kier molecular flexibility index (Phi) is 6.18. The molecule has 140 valence electrons. The van der Waals surface area contributed by atoms with Crippen LogP contribution in [0.3, 0.4) is 0 Å². The first-order chi connectivity index (χ1) is 12.3. The number of hydrogen-bond acceptors (Lipinski definition) is 4. The highest BCUT2D eigenvalue weighted by atomic mass is 19.2. The molecule has 2 N–H and O–H groups in total. The number of aliphatic carboxylic acids is 1. The zero-order valence-corrected chi connectivity index (χ0v) is 14.5. The lowest BCUT2D eigenvalue weighted by atomic mass is 9.75. The molecule has 0 unspecified atom stereocenters. The Balaban J connectivity index is 2.34. The predicted octanol–water partition coefficient (Wildman–Crippen LogP) is 4.56. The molecule has 2 rings (SSSR count). The maximum absolute atomic E-state index is 13.8. The second kappa shape index (κ2) is 8.16. The van der Waals surface area contributed by atoms with Crippen molar-refractivity contribution in [1.82, 2.24) is 9.97 Å². The second-order valence-electron chi connectivity index (χ2n) is 6.04. The molecule has 0 bridgehead atoms. The van der Waals surface area contributed by atoms with Gasteiger partial charge < -0.3 is 10.4 Å². The van der Waals surface area contributed by atoms with E-state index in [9.17, 15) is 18.0 Å². The van der Waals surface area contributed by atoms with Crippen LogP contribution in [0, 0.1) is 17.5 Å². The number of hydrogen-bond donors (Lipinski definition) is 2. The first-order valence-electron chi connectivity index (χ1n) is 8.27. The highest BCUT2D eigenvalue weighted by Gasteiger charge is 2.31. The molecule has 0 atom stereocenters. The normalized spacial score (nSPS) is 11.4. The van der Waals surface area contributed by atoms with Gasteiger partial charge in [0.05, 0.1) is 17.6 Å². The van der Waals surface area contributed by atoms with Gasteiger partial charge in [0.2, 0.25) is 0 Å². The van der Waals surface area contributed by atoms with E-state index in [0.717, 1.165) is 0 Å². The Morgan fingerprint density at radius 1 is 1.12 bits per heavy atom. The fraction of sp³-hybridized carbons (Fsp3) is 0.389. The molecular weight excluding hydrogens is 347 g/mol. The number of benzene rings is 1. The largest absolute Gasteiger partial charge is 0.481 e. The van der Waals surface area contributed by atoms with E-state index < -0.39 is 28.8 Å². The molecular formula is C18H20F3N3O2. The predicted molar refractivity (Wildman–Crippen MR) is 90.8 cm³/mol. The fourth-order valence-electron chi connectivity index (χ4n) is 2.88. The quantitative estimate of drug-likeness (QED) is 0.669. The van der Waals surface area contributed by atoms with Gasteiger partial charge in [-0.25, -0.2) is 18.2 Å². The first-order valence-corrected chi connectivity index (χ1v) is 8.27. The van der Waals surface area contributed by atoms with Crippen molar-refractivity contribution in [2.45, 2.75) is 44.9 Å². The van der Waals surface area contributed by atoms with E-state index >= 15 is 0 Å². The smallest absolute Gasteiger partial charge is 0.303 e. The van der Waals surface area contributed by atoms with Crippen LogP contribution in [-0.2, 0) is 10.2 Å². The highest BCUT2D eigenvalue weighted by molar-refractivity contribution is 5.66. The van der Waals surface area contributed by atoms with Gasteiger partial charge in [-0.2, -0.15) is 0 Å². The van der Waals surface area contributed by atoms with Gasteiger partial charge in [-0.15, -0.1) is 0 Å². The zero-order chi connectivity index (χ0) is 19.3. The highest BCUT2D eigenvalue weighted by Crippen LogP contribution is 2.35. The SMILES string of the molecule is CCC(CC)(CCC(=O)O)c1cncc(Nc2cc(F)c(F)cc2F)n1. The maximum atomic E-state index is 13.8. The van der Waals surface area contributed by atoms with E-state index in [4.69, 9.17) is 5.11 Å². The van der Waals surface area contributed by atoms with Crippen molar-refractivity contribution in [2.24, 2.45) is 0 Å². The van der Waals surface area contributed by atoms with Crippen LogP contribution >= 0.6 is 0 Å². The number of nitrogens with one attached hydrogen (secondary N) is 1. The summed E-state index contributed by atoms with van der Waals surface area (Å²) in [7, 11) is 0. The van der Waals surface area contributed by atoms with Gasteiger partial charge in [0.15, 0.2) is 11.6 Å². The topological polar surface area (TPSA) is 75.1 Å². The Morgan fingerprint density at radius 3 is 2.38 bits per heavy atom. The van der Waals surface area contributed by atoms with Crippen molar-refractivity contribution >= 4 is 17.5 Å². The van der Waals surface area contributed by atoms with Crippen molar-refractivity contribution in [3.8, 4) is 0 Å². The Bertz CT molecular complexity index is 795. The summed E-state index contributed by atoms with van der Waals surface area (Å²) in [6.45, 7) is 3.87. The minimum Gasteiger partial charge on any atom is -0.481 e. The summed E-state index contributed by atoms with van der Waals surface area (Å²) in [5, 5.41) is 11.6.